The summed E-state index contributed by atoms with van der Waals surface area (Å²) >= 11 is 1.25. The first-order valence-electron chi connectivity index (χ1n) is 4.73. The van der Waals surface area contributed by atoms with Gasteiger partial charge in [0.15, 0.2) is 5.76 Å². The molecule has 0 amide bonds. The average Bonchev–Trinajstić information content (AvgIpc) is 3.00. The maximum atomic E-state index is 5.41. The molecule has 3 aromatic rings. The van der Waals surface area contributed by atoms with Crippen LogP contribution in [0.1, 0.15) is 0 Å². The maximum Gasteiger partial charge on any atom is 0.284 e. The Kier molecular flexibility index (Phi) is 2.59. The van der Waals surface area contributed by atoms with Gasteiger partial charge in [0.05, 0.1) is 12.5 Å². The fraction of sp³-hybridized carbons (Fsp3) is 0. The van der Waals surface area contributed by atoms with Crippen LogP contribution < -0.4 is 0 Å². The van der Waals surface area contributed by atoms with Crippen molar-refractivity contribution in [1.29, 1.82) is 0 Å². The molecule has 0 fully saturated rings. The van der Waals surface area contributed by atoms with E-state index in [4.69, 9.17) is 8.83 Å². The van der Waals surface area contributed by atoms with E-state index in [-0.39, 0.29) is 0 Å². The van der Waals surface area contributed by atoms with Gasteiger partial charge in [0.25, 0.3) is 11.1 Å². The molecule has 0 aliphatic heterocycles. The van der Waals surface area contributed by atoms with Gasteiger partial charge < -0.3 is 8.83 Å². The van der Waals surface area contributed by atoms with Crippen LogP contribution >= 0.6 is 11.8 Å². The lowest BCUT2D eigenvalue weighted by Gasteiger charge is -1.92. The second-order valence-corrected chi connectivity index (χ2v) is 3.97. The molecular formula is C10H6N4O2S. The van der Waals surface area contributed by atoms with Gasteiger partial charge in [0.2, 0.25) is 0 Å². The maximum absolute atomic E-state index is 5.41. The van der Waals surface area contributed by atoms with Crippen LogP contribution in [-0.4, -0.2) is 20.2 Å². The molecule has 0 aliphatic rings. The van der Waals surface area contributed by atoms with Crippen molar-refractivity contribution in [2.75, 3.05) is 0 Å². The zero-order chi connectivity index (χ0) is 11.5. The predicted molar refractivity (Wildman–Crippen MR) is 58.2 cm³/mol. The van der Waals surface area contributed by atoms with E-state index in [1.54, 1.807) is 37.0 Å². The van der Waals surface area contributed by atoms with Crippen LogP contribution in [0.3, 0.4) is 0 Å². The zero-order valence-electron chi connectivity index (χ0n) is 8.48. The largest absolute Gasteiger partial charge is 0.459 e. The van der Waals surface area contributed by atoms with Crippen molar-refractivity contribution >= 4 is 11.8 Å². The van der Waals surface area contributed by atoms with Gasteiger partial charge in [0.1, 0.15) is 5.03 Å². The molecule has 0 bridgehead atoms. The molecular weight excluding hydrogens is 240 g/mol. The van der Waals surface area contributed by atoms with Crippen LogP contribution in [-0.2, 0) is 0 Å². The lowest BCUT2D eigenvalue weighted by atomic mass is 10.5. The number of rotatable bonds is 3. The molecule has 0 aliphatic carbocycles. The van der Waals surface area contributed by atoms with Gasteiger partial charge in [-0.25, -0.2) is 4.98 Å². The van der Waals surface area contributed by atoms with Crippen LogP contribution in [0.2, 0.25) is 0 Å². The van der Waals surface area contributed by atoms with E-state index in [1.807, 2.05) is 0 Å². The molecule has 3 rings (SSSR count). The zero-order valence-corrected chi connectivity index (χ0v) is 9.29. The number of hydrogen-bond acceptors (Lipinski definition) is 7. The summed E-state index contributed by atoms with van der Waals surface area (Å²) in [4.78, 5) is 8.04. The lowest BCUT2D eigenvalue weighted by molar-refractivity contribution is 0.447. The summed E-state index contributed by atoms with van der Waals surface area (Å²) < 4.78 is 10.6. The molecule has 0 atom stereocenters. The Morgan fingerprint density at radius 2 is 2.18 bits per heavy atom. The summed E-state index contributed by atoms with van der Waals surface area (Å²) in [5.41, 5.74) is 0. The average molecular weight is 246 g/mol. The summed E-state index contributed by atoms with van der Waals surface area (Å²) in [7, 11) is 0. The molecule has 3 aromatic heterocycles. The minimum absolute atomic E-state index is 0.349. The summed E-state index contributed by atoms with van der Waals surface area (Å²) in [5.74, 6) is 0.893. The van der Waals surface area contributed by atoms with Crippen LogP contribution in [0.15, 0.2) is 56.1 Å². The van der Waals surface area contributed by atoms with E-state index in [0.717, 1.165) is 0 Å². The third-order valence-corrected chi connectivity index (χ3v) is 2.63. The molecule has 7 heteroatoms. The molecule has 6 nitrogen and oxygen atoms in total. The van der Waals surface area contributed by atoms with Gasteiger partial charge in [-0.05, 0) is 23.9 Å². The highest BCUT2D eigenvalue weighted by Gasteiger charge is 2.12. The molecule has 0 radical (unpaired) electrons. The highest BCUT2D eigenvalue weighted by molar-refractivity contribution is 7.99. The van der Waals surface area contributed by atoms with Gasteiger partial charge in [0, 0.05) is 12.4 Å². The van der Waals surface area contributed by atoms with Crippen LogP contribution in [0.4, 0.5) is 0 Å². The Labute approximate surface area is 100 Å². The summed E-state index contributed by atoms with van der Waals surface area (Å²) in [6.45, 7) is 0. The Morgan fingerprint density at radius 3 is 2.94 bits per heavy atom. The summed E-state index contributed by atoms with van der Waals surface area (Å²) in [6.07, 6.45) is 6.38. The van der Waals surface area contributed by atoms with Crippen molar-refractivity contribution < 1.29 is 8.83 Å². The molecule has 0 saturated carbocycles. The van der Waals surface area contributed by atoms with Crippen LogP contribution in [0.5, 0.6) is 0 Å². The van der Waals surface area contributed by atoms with Crippen molar-refractivity contribution in [3.8, 4) is 11.7 Å². The first-order valence-corrected chi connectivity index (χ1v) is 5.55. The monoisotopic (exact) mass is 246 g/mol. The number of aromatic nitrogens is 4. The second-order valence-electron chi connectivity index (χ2n) is 3.00. The van der Waals surface area contributed by atoms with E-state index in [2.05, 4.69) is 20.2 Å². The van der Waals surface area contributed by atoms with Crippen molar-refractivity contribution in [1.82, 2.24) is 20.2 Å². The van der Waals surface area contributed by atoms with Gasteiger partial charge in [-0.2, -0.15) is 0 Å². The smallest absolute Gasteiger partial charge is 0.284 e. The third kappa shape index (κ3) is 2.18. The topological polar surface area (TPSA) is 77.8 Å². The third-order valence-electron chi connectivity index (χ3n) is 1.87. The van der Waals surface area contributed by atoms with E-state index >= 15 is 0 Å². The molecule has 0 unspecified atom stereocenters. The van der Waals surface area contributed by atoms with Crippen LogP contribution in [0, 0.1) is 0 Å². The molecule has 84 valence electrons. The number of hydrogen-bond donors (Lipinski definition) is 0. The van der Waals surface area contributed by atoms with Gasteiger partial charge in [-0.3, -0.25) is 4.98 Å². The van der Waals surface area contributed by atoms with Crippen molar-refractivity contribution in [3.05, 3.63) is 37.0 Å². The predicted octanol–water partition coefficient (Wildman–Crippen LogP) is 2.27. The lowest BCUT2D eigenvalue weighted by Crippen LogP contribution is -1.80. The molecule has 17 heavy (non-hydrogen) atoms. The minimum atomic E-state index is 0.349. The van der Waals surface area contributed by atoms with E-state index in [0.29, 0.717) is 21.9 Å². The molecule has 3 heterocycles. The minimum Gasteiger partial charge on any atom is -0.459 e. The highest BCUT2D eigenvalue weighted by Crippen LogP contribution is 2.27. The Balaban J connectivity index is 1.82. The van der Waals surface area contributed by atoms with Crippen molar-refractivity contribution in [2.24, 2.45) is 0 Å². The number of furan rings is 1. The van der Waals surface area contributed by atoms with E-state index < -0.39 is 0 Å². The normalized spacial score (nSPS) is 10.6. The van der Waals surface area contributed by atoms with E-state index in [9.17, 15) is 0 Å². The fourth-order valence-electron chi connectivity index (χ4n) is 1.18. The van der Waals surface area contributed by atoms with Crippen molar-refractivity contribution in [2.45, 2.75) is 10.2 Å². The molecule has 0 N–H and O–H groups in total. The quantitative estimate of drug-likeness (QED) is 0.701. The van der Waals surface area contributed by atoms with E-state index in [1.165, 1.54) is 11.8 Å². The SMILES string of the molecule is c1coc(-c2nnc(Sc3cnccn3)o2)c1. The summed E-state index contributed by atoms with van der Waals surface area (Å²) in [5, 5.41) is 8.86. The van der Waals surface area contributed by atoms with Gasteiger partial charge >= 0.3 is 0 Å². The first kappa shape index (κ1) is 10.0. The number of nitrogens with zero attached hydrogens (tertiary/aromatic N) is 4. The van der Waals surface area contributed by atoms with Gasteiger partial charge in [-0.15, -0.1) is 10.2 Å². The molecule has 0 aromatic carbocycles. The molecule has 0 saturated heterocycles. The summed E-state index contributed by atoms with van der Waals surface area (Å²) in [6, 6.07) is 3.51. The fourth-order valence-corrected chi connectivity index (χ4v) is 1.79. The van der Waals surface area contributed by atoms with Gasteiger partial charge in [-0.1, -0.05) is 0 Å². The Bertz CT molecular complexity index is 594. The standard InChI is InChI=1S/C10H6N4O2S/c1-2-7(15-5-1)9-13-14-10(16-9)17-8-6-11-3-4-12-8/h1-6H. The first-order chi connectivity index (χ1) is 8.42. The Morgan fingerprint density at radius 1 is 1.18 bits per heavy atom. The second kappa shape index (κ2) is 4.38. The highest BCUT2D eigenvalue weighted by atomic mass is 32.2. The Hall–Kier alpha value is -2.15. The molecule has 0 spiro atoms. The van der Waals surface area contributed by atoms with Crippen LogP contribution in [0.25, 0.3) is 11.7 Å². The van der Waals surface area contributed by atoms with Crippen molar-refractivity contribution in [3.63, 3.8) is 0 Å².